The van der Waals surface area contributed by atoms with Crippen LogP contribution in [0.4, 0.5) is 0 Å². The number of aliphatic hydroxyl groups is 1. The summed E-state index contributed by atoms with van der Waals surface area (Å²) in [7, 11) is 1.78. The number of furan rings is 1. The van der Waals surface area contributed by atoms with Crippen molar-refractivity contribution in [3.05, 3.63) is 36.1 Å². The van der Waals surface area contributed by atoms with Gasteiger partial charge in [0.2, 0.25) is 5.91 Å². The fourth-order valence-corrected chi connectivity index (χ4v) is 3.23. The summed E-state index contributed by atoms with van der Waals surface area (Å²) in [6.45, 7) is 1.95. The molecule has 1 unspecified atom stereocenters. The van der Waals surface area contributed by atoms with Crippen LogP contribution >= 0.6 is 0 Å². The third kappa shape index (κ3) is 2.88. The highest BCUT2D eigenvalue weighted by atomic mass is 16.3. The van der Waals surface area contributed by atoms with Crippen molar-refractivity contribution in [2.45, 2.75) is 50.7 Å². The summed E-state index contributed by atoms with van der Waals surface area (Å²) < 4.78 is 5.84. The maximum Gasteiger partial charge on any atom is 0.225 e. The van der Waals surface area contributed by atoms with E-state index in [1.54, 1.807) is 11.9 Å². The van der Waals surface area contributed by atoms with Crippen molar-refractivity contribution >= 4 is 16.9 Å². The molecule has 0 spiro atoms. The van der Waals surface area contributed by atoms with Gasteiger partial charge in [0.15, 0.2) is 0 Å². The van der Waals surface area contributed by atoms with E-state index in [1.807, 2.05) is 37.3 Å². The molecule has 1 saturated carbocycles. The van der Waals surface area contributed by atoms with Crippen molar-refractivity contribution in [1.82, 2.24) is 4.90 Å². The lowest BCUT2D eigenvalue weighted by atomic mass is 9.97. The van der Waals surface area contributed by atoms with Crippen molar-refractivity contribution in [2.24, 2.45) is 0 Å². The summed E-state index contributed by atoms with van der Waals surface area (Å²) in [4.78, 5) is 14.1. The van der Waals surface area contributed by atoms with Gasteiger partial charge in [-0.05, 0) is 31.9 Å². The van der Waals surface area contributed by atoms with Crippen molar-refractivity contribution in [3.63, 3.8) is 0 Å². The second-order valence-electron chi connectivity index (χ2n) is 6.48. The lowest BCUT2D eigenvalue weighted by Gasteiger charge is -2.28. The summed E-state index contributed by atoms with van der Waals surface area (Å²) >= 11 is 0. The van der Waals surface area contributed by atoms with Gasteiger partial charge in [-0.25, -0.2) is 0 Å². The van der Waals surface area contributed by atoms with Crippen molar-refractivity contribution < 1.29 is 14.3 Å². The molecule has 3 rings (SSSR count). The summed E-state index contributed by atoms with van der Waals surface area (Å²) in [5.41, 5.74) is 0.0264. The van der Waals surface area contributed by atoms with Gasteiger partial charge in [-0.2, -0.15) is 0 Å². The highest BCUT2D eigenvalue weighted by Gasteiger charge is 2.35. The van der Waals surface area contributed by atoms with Gasteiger partial charge < -0.3 is 14.4 Å². The van der Waals surface area contributed by atoms with Crippen LogP contribution in [0.3, 0.4) is 0 Å². The molecular formula is C18H23NO3. The predicted molar refractivity (Wildman–Crippen MR) is 85.4 cm³/mol. The molecule has 1 aliphatic rings. The summed E-state index contributed by atoms with van der Waals surface area (Å²) in [5.74, 6) is 0.743. The Labute approximate surface area is 130 Å². The molecule has 0 aliphatic heterocycles. The summed E-state index contributed by atoms with van der Waals surface area (Å²) in [5, 5.41) is 11.4. The Morgan fingerprint density at radius 3 is 2.73 bits per heavy atom. The maximum absolute atomic E-state index is 12.5. The van der Waals surface area contributed by atoms with Gasteiger partial charge in [-0.15, -0.1) is 0 Å². The van der Waals surface area contributed by atoms with Crippen molar-refractivity contribution in [2.75, 3.05) is 7.05 Å². The second kappa shape index (κ2) is 5.76. The van der Waals surface area contributed by atoms with Crippen molar-refractivity contribution in [1.29, 1.82) is 0 Å². The average Bonchev–Trinajstić information content (AvgIpc) is 3.11. The zero-order chi connectivity index (χ0) is 15.7. The molecule has 0 radical (unpaired) electrons. The topological polar surface area (TPSA) is 53.7 Å². The van der Waals surface area contributed by atoms with E-state index in [0.717, 1.165) is 42.4 Å². The molecule has 2 aromatic rings. The monoisotopic (exact) mass is 301 g/mol. The van der Waals surface area contributed by atoms with Crippen molar-refractivity contribution in [3.8, 4) is 0 Å². The first-order valence-electron chi connectivity index (χ1n) is 7.95. The number of carbonyl (C=O) groups is 1. The molecule has 22 heavy (non-hydrogen) atoms. The Hall–Kier alpha value is -1.81. The van der Waals surface area contributed by atoms with Crippen LogP contribution in [-0.4, -0.2) is 28.6 Å². The van der Waals surface area contributed by atoms with E-state index in [0.29, 0.717) is 0 Å². The van der Waals surface area contributed by atoms with Gasteiger partial charge in [0.1, 0.15) is 11.3 Å². The van der Waals surface area contributed by atoms with Gasteiger partial charge >= 0.3 is 0 Å². The van der Waals surface area contributed by atoms with Gasteiger partial charge in [0, 0.05) is 12.4 Å². The normalized spacial score (nSPS) is 18.5. The molecule has 0 saturated heterocycles. The van der Waals surface area contributed by atoms with E-state index in [2.05, 4.69) is 0 Å². The fourth-order valence-electron chi connectivity index (χ4n) is 3.23. The van der Waals surface area contributed by atoms with Crippen LogP contribution in [0.25, 0.3) is 11.0 Å². The van der Waals surface area contributed by atoms with E-state index < -0.39 is 5.60 Å². The number of hydrogen-bond acceptors (Lipinski definition) is 3. The predicted octanol–water partition coefficient (Wildman–Crippen LogP) is 3.65. The highest BCUT2D eigenvalue weighted by molar-refractivity contribution is 5.79. The minimum absolute atomic E-state index is 0.0302. The van der Waals surface area contributed by atoms with E-state index in [9.17, 15) is 9.90 Å². The average molecular weight is 301 g/mol. The Bertz CT molecular complexity index is 637. The number of nitrogens with zero attached hydrogens (tertiary/aromatic N) is 1. The van der Waals surface area contributed by atoms with Crippen LogP contribution in [0, 0.1) is 0 Å². The van der Waals surface area contributed by atoms with Gasteiger partial charge in [-0.3, -0.25) is 4.79 Å². The third-order valence-corrected chi connectivity index (χ3v) is 4.85. The highest BCUT2D eigenvalue weighted by Crippen LogP contribution is 2.34. The van der Waals surface area contributed by atoms with Crippen LogP contribution in [-0.2, 0) is 4.79 Å². The molecule has 1 heterocycles. The molecule has 118 valence electrons. The van der Waals surface area contributed by atoms with E-state index in [-0.39, 0.29) is 18.4 Å². The lowest BCUT2D eigenvalue weighted by molar-refractivity contribution is -0.137. The standard InChI is InChI=1S/C18H23NO3/c1-13(16-11-14-7-3-4-8-15(14)22-16)19(2)17(20)12-18(21)9-5-6-10-18/h3-4,7-8,11,13,21H,5-6,9-10,12H2,1-2H3. The number of benzene rings is 1. The summed E-state index contributed by atoms with van der Waals surface area (Å²) in [6, 6.07) is 9.66. The van der Waals surface area contributed by atoms with Crippen LogP contribution < -0.4 is 0 Å². The molecule has 1 atom stereocenters. The molecule has 4 heteroatoms. The minimum atomic E-state index is -0.807. The quantitative estimate of drug-likeness (QED) is 0.938. The Kier molecular flexibility index (Phi) is 3.96. The lowest BCUT2D eigenvalue weighted by Crippen LogP contribution is -2.37. The first-order chi connectivity index (χ1) is 10.5. The Morgan fingerprint density at radius 2 is 2.05 bits per heavy atom. The summed E-state index contributed by atoms with van der Waals surface area (Å²) in [6.07, 6.45) is 3.67. The molecule has 1 N–H and O–H groups in total. The molecule has 1 amide bonds. The fraction of sp³-hybridized carbons (Fsp3) is 0.500. The molecular weight excluding hydrogens is 278 g/mol. The largest absolute Gasteiger partial charge is 0.459 e. The zero-order valence-electron chi connectivity index (χ0n) is 13.2. The van der Waals surface area contributed by atoms with Crippen LogP contribution in [0.2, 0.25) is 0 Å². The van der Waals surface area contributed by atoms with Crippen LogP contribution in [0.15, 0.2) is 34.7 Å². The molecule has 1 aromatic carbocycles. The van der Waals surface area contributed by atoms with E-state index in [1.165, 1.54) is 0 Å². The number of carbonyl (C=O) groups excluding carboxylic acids is 1. The maximum atomic E-state index is 12.5. The first-order valence-corrected chi connectivity index (χ1v) is 7.95. The molecule has 4 nitrogen and oxygen atoms in total. The number of para-hydroxylation sites is 1. The van der Waals surface area contributed by atoms with E-state index in [4.69, 9.17) is 4.42 Å². The molecule has 1 aliphatic carbocycles. The Morgan fingerprint density at radius 1 is 1.36 bits per heavy atom. The Balaban J connectivity index is 1.73. The second-order valence-corrected chi connectivity index (χ2v) is 6.48. The first kappa shape index (κ1) is 15.1. The SMILES string of the molecule is CC(c1cc2ccccc2o1)N(C)C(=O)CC1(O)CCCC1. The van der Waals surface area contributed by atoms with Gasteiger partial charge in [-0.1, -0.05) is 31.0 Å². The molecule has 0 bridgehead atoms. The minimum Gasteiger partial charge on any atom is -0.459 e. The van der Waals surface area contributed by atoms with Crippen LogP contribution in [0.1, 0.15) is 50.8 Å². The zero-order valence-corrected chi connectivity index (χ0v) is 13.2. The number of hydrogen-bond donors (Lipinski definition) is 1. The van der Waals surface area contributed by atoms with Gasteiger partial charge in [0.05, 0.1) is 18.1 Å². The number of rotatable bonds is 4. The van der Waals surface area contributed by atoms with Crippen LogP contribution in [0.5, 0.6) is 0 Å². The molecule has 1 aromatic heterocycles. The molecule has 1 fully saturated rings. The third-order valence-electron chi connectivity index (χ3n) is 4.85. The van der Waals surface area contributed by atoms with Gasteiger partial charge in [0.25, 0.3) is 0 Å². The number of fused-ring (bicyclic) bond motifs is 1. The smallest absolute Gasteiger partial charge is 0.225 e. The van der Waals surface area contributed by atoms with E-state index >= 15 is 0 Å². The number of amides is 1.